The second-order valence-corrected chi connectivity index (χ2v) is 3.59. The van der Waals surface area contributed by atoms with Gasteiger partial charge in [-0.1, -0.05) is 0 Å². The maximum absolute atomic E-state index is 11.2. The fourth-order valence-corrected chi connectivity index (χ4v) is 1.53. The van der Waals surface area contributed by atoms with Crippen LogP contribution in [-0.2, 0) is 9.53 Å². The summed E-state index contributed by atoms with van der Waals surface area (Å²) in [5.41, 5.74) is 2.05. The number of aromatic amines is 1. The molecule has 0 saturated carbocycles. The lowest BCUT2D eigenvalue weighted by molar-refractivity contribution is -0.140. The highest BCUT2D eigenvalue weighted by atomic mass is 16.5. The Morgan fingerprint density at radius 2 is 2.44 bits per heavy atom. The minimum atomic E-state index is -0.337. The Kier molecular flexibility index (Phi) is 3.44. The summed E-state index contributed by atoms with van der Waals surface area (Å²) in [5, 5.41) is 11.6. The number of fused-ring (bicyclic) bond motifs is 1. The summed E-state index contributed by atoms with van der Waals surface area (Å²) in [7, 11) is 0. The lowest BCUT2D eigenvalue weighted by atomic mass is 10.2. The van der Waals surface area contributed by atoms with Crippen molar-refractivity contribution in [2.24, 2.45) is 0 Å². The van der Waals surface area contributed by atoms with Crippen LogP contribution in [0.4, 0.5) is 5.95 Å². The number of hydrogen-bond donors (Lipinski definition) is 2. The van der Waals surface area contributed by atoms with Gasteiger partial charge in [0.15, 0.2) is 0 Å². The van der Waals surface area contributed by atoms with E-state index >= 15 is 0 Å². The molecule has 0 atom stereocenters. The van der Waals surface area contributed by atoms with Gasteiger partial charge in [0.2, 0.25) is 5.95 Å². The van der Waals surface area contributed by atoms with Gasteiger partial charge in [-0.15, -0.1) is 0 Å². The van der Waals surface area contributed by atoms with Crippen LogP contribution in [0.15, 0.2) is 18.2 Å². The molecule has 92 valence electrons. The highest BCUT2D eigenvalue weighted by Gasteiger charge is 2.06. The lowest BCUT2D eigenvalue weighted by Crippen LogP contribution is -2.17. The van der Waals surface area contributed by atoms with Gasteiger partial charge in [-0.2, -0.15) is 5.26 Å². The molecule has 0 unspecified atom stereocenters. The van der Waals surface area contributed by atoms with Gasteiger partial charge in [-0.05, 0) is 25.1 Å². The molecule has 0 fully saturated rings. The monoisotopic (exact) mass is 244 g/mol. The number of rotatable bonds is 4. The predicted octanol–water partition coefficient (Wildman–Crippen LogP) is 1.41. The maximum atomic E-state index is 11.2. The summed E-state index contributed by atoms with van der Waals surface area (Å²) in [6.07, 6.45) is 0. The van der Waals surface area contributed by atoms with E-state index in [4.69, 9.17) is 10.00 Å². The Labute approximate surface area is 104 Å². The number of imidazole rings is 1. The van der Waals surface area contributed by atoms with Gasteiger partial charge >= 0.3 is 5.97 Å². The van der Waals surface area contributed by atoms with Crippen LogP contribution < -0.4 is 5.32 Å². The molecule has 1 aromatic carbocycles. The highest BCUT2D eigenvalue weighted by Crippen LogP contribution is 2.15. The average molecular weight is 244 g/mol. The molecule has 2 rings (SSSR count). The number of carbonyl (C=O) groups excluding carboxylic acids is 1. The molecule has 0 aliphatic heterocycles. The van der Waals surface area contributed by atoms with Crippen molar-refractivity contribution in [3.63, 3.8) is 0 Å². The molecule has 2 N–H and O–H groups in total. The van der Waals surface area contributed by atoms with E-state index in [0.29, 0.717) is 18.1 Å². The summed E-state index contributed by atoms with van der Waals surface area (Å²) in [6.45, 7) is 2.16. The first kappa shape index (κ1) is 11.9. The van der Waals surface area contributed by atoms with Crippen molar-refractivity contribution in [2.75, 3.05) is 18.5 Å². The van der Waals surface area contributed by atoms with E-state index < -0.39 is 0 Å². The number of esters is 1. The molecule has 1 aromatic heterocycles. The second kappa shape index (κ2) is 5.19. The van der Waals surface area contributed by atoms with Gasteiger partial charge in [-0.25, -0.2) is 4.98 Å². The number of nitrogens with one attached hydrogen (secondary N) is 2. The quantitative estimate of drug-likeness (QED) is 0.793. The molecule has 1 heterocycles. The fraction of sp³-hybridized carbons (Fsp3) is 0.250. The number of nitrogens with zero attached hydrogens (tertiary/aromatic N) is 2. The molecule has 0 saturated heterocycles. The van der Waals surface area contributed by atoms with E-state index in [1.807, 2.05) is 0 Å². The number of anilines is 1. The number of hydrogen-bond acceptors (Lipinski definition) is 5. The average Bonchev–Trinajstić information content (AvgIpc) is 2.78. The topological polar surface area (TPSA) is 90.8 Å². The van der Waals surface area contributed by atoms with Gasteiger partial charge in [-0.3, -0.25) is 4.79 Å². The van der Waals surface area contributed by atoms with Crippen molar-refractivity contribution in [3.8, 4) is 6.07 Å². The summed E-state index contributed by atoms with van der Waals surface area (Å²) < 4.78 is 4.79. The molecule has 0 spiro atoms. The normalized spacial score (nSPS) is 10.0. The minimum Gasteiger partial charge on any atom is -0.465 e. The number of aromatic nitrogens is 2. The maximum Gasteiger partial charge on any atom is 0.325 e. The molecule has 0 bridgehead atoms. The van der Waals surface area contributed by atoms with Gasteiger partial charge < -0.3 is 15.0 Å². The third-order valence-electron chi connectivity index (χ3n) is 2.32. The van der Waals surface area contributed by atoms with Crippen molar-refractivity contribution < 1.29 is 9.53 Å². The molecule has 2 aromatic rings. The summed E-state index contributed by atoms with van der Waals surface area (Å²) in [6, 6.07) is 7.20. The Balaban J connectivity index is 2.11. The largest absolute Gasteiger partial charge is 0.465 e. The Bertz CT molecular complexity index is 612. The Hall–Kier alpha value is -2.55. The lowest BCUT2D eigenvalue weighted by Gasteiger charge is -2.01. The number of benzene rings is 1. The fourth-order valence-electron chi connectivity index (χ4n) is 1.53. The number of nitriles is 1. The van der Waals surface area contributed by atoms with Crippen LogP contribution in [0.1, 0.15) is 12.5 Å². The predicted molar refractivity (Wildman–Crippen MR) is 65.9 cm³/mol. The molecule has 0 aliphatic carbocycles. The number of carbonyl (C=O) groups is 1. The molecule has 18 heavy (non-hydrogen) atoms. The number of ether oxygens (including phenoxy) is 1. The van der Waals surface area contributed by atoms with E-state index in [1.54, 1.807) is 25.1 Å². The van der Waals surface area contributed by atoms with Gasteiger partial charge in [0.1, 0.15) is 6.54 Å². The molecular weight excluding hydrogens is 232 g/mol. The summed E-state index contributed by atoms with van der Waals surface area (Å²) in [4.78, 5) is 18.4. The van der Waals surface area contributed by atoms with Gasteiger partial charge in [0.05, 0.1) is 29.3 Å². The van der Waals surface area contributed by atoms with Crippen molar-refractivity contribution in [2.45, 2.75) is 6.92 Å². The minimum absolute atomic E-state index is 0.0543. The first-order valence-electron chi connectivity index (χ1n) is 5.52. The van der Waals surface area contributed by atoms with Gasteiger partial charge in [0, 0.05) is 0 Å². The molecule has 0 aliphatic rings. The van der Waals surface area contributed by atoms with Crippen LogP contribution in [0.5, 0.6) is 0 Å². The van der Waals surface area contributed by atoms with Crippen LogP contribution in [-0.4, -0.2) is 29.1 Å². The molecular formula is C12H12N4O2. The first-order chi connectivity index (χ1) is 8.72. The van der Waals surface area contributed by atoms with Crippen LogP contribution >= 0.6 is 0 Å². The SMILES string of the molecule is CCOC(=O)CNc1nc2ccc(C#N)cc2[nH]1. The summed E-state index contributed by atoms with van der Waals surface area (Å²) in [5.74, 6) is 0.142. The van der Waals surface area contributed by atoms with E-state index in [2.05, 4.69) is 21.4 Å². The zero-order valence-electron chi connectivity index (χ0n) is 9.86. The number of H-pyrrole nitrogens is 1. The smallest absolute Gasteiger partial charge is 0.325 e. The standard InChI is InChI=1S/C12H12N4O2/c1-2-18-11(17)7-14-12-15-9-4-3-8(6-13)5-10(9)16-12/h3-5H,2,7H2,1H3,(H2,14,15,16). The van der Waals surface area contributed by atoms with E-state index in [-0.39, 0.29) is 12.5 Å². The second-order valence-electron chi connectivity index (χ2n) is 3.59. The zero-order valence-corrected chi connectivity index (χ0v) is 9.86. The van der Waals surface area contributed by atoms with Crippen molar-refractivity contribution >= 4 is 23.0 Å². The van der Waals surface area contributed by atoms with Crippen LogP contribution in [0.25, 0.3) is 11.0 Å². The highest BCUT2D eigenvalue weighted by molar-refractivity contribution is 5.80. The van der Waals surface area contributed by atoms with Gasteiger partial charge in [0.25, 0.3) is 0 Å². The van der Waals surface area contributed by atoms with Crippen LogP contribution in [0.2, 0.25) is 0 Å². The third kappa shape index (κ3) is 2.58. The molecule has 6 nitrogen and oxygen atoms in total. The van der Waals surface area contributed by atoms with Crippen molar-refractivity contribution in [1.82, 2.24) is 9.97 Å². The van der Waals surface area contributed by atoms with Crippen LogP contribution in [0.3, 0.4) is 0 Å². The first-order valence-corrected chi connectivity index (χ1v) is 5.52. The molecule has 6 heteroatoms. The third-order valence-corrected chi connectivity index (χ3v) is 2.32. The molecule has 0 amide bonds. The Morgan fingerprint density at radius 3 is 3.17 bits per heavy atom. The van der Waals surface area contributed by atoms with E-state index in [9.17, 15) is 4.79 Å². The Morgan fingerprint density at radius 1 is 1.61 bits per heavy atom. The van der Waals surface area contributed by atoms with E-state index in [1.165, 1.54) is 0 Å². The van der Waals surface area contributed by atoms with Crippen LogP contribution in [0, 0.1) is 11.3 Å². The van der Waals surface area contributed by atoms with Crippen molar-refractivity contribution in [1.29, 1.82) is 5.26 Å². The summed E-state index contributed by atoms with van der Waals surface area (Å²) >= 11 is 0. The molecule has 0 radical (unpaired) electrons. The van der Waals surface area contributed by atoms with E-state index in [0.717, 1.165) is 11.0 Å². The van der Waals surface area contributed by atoms with Crippen molar-refractivity contribution in [3.05, 3.63) is 23.8 Å². The zero-order chi connectivity index (χ0) is 13.0.